The summed E-state index contributed by atoms with van der Waals surface area (Å²) in [7, 11) is -3.92. The molecule has 1 saturated heterocycles. The van der Waals surface area contributed by atoms with E-state index >= 15 is 0 Å². The lowest BCUT2D eigenvalue weighted by atomic mass is 10.0. The fourth-order valence-corrected chi connectivity index (χ4v) is 4.64. The first-order chi connectivity index (χ1) is 10.4. The Kier molecular flexibility index (Phi) is 3.65. The normalized spacial score (nSPS) is 22.2. The van der Waals surface area contributed by atoms with Crippen LogP contribution in [0.25, 0.3) is 0 Å². The number of sulfonamides is 1. The first-order valence-electron chi connectivity index (χ1n) is 7.07. The fourth-order valence-electron chi connectivity index (χ4n) is 2.96. The number of rotatable bonds is 3. The van der Waals surface area contributed by atoms with Gasteiger partial charge in [-0.2, -0.15) is 4.31 Å². The molecule has 7 nitrogen and oxygen atoms in total. The molecule has 0 unspecified atom stereocenters. The quantitative estimate of drug-likeness (QED) is 0.827. The number of carboxylic acids is 1. The van der Waals surface area contributed by atoms with Crippen molar-refractivity contribution in [3.63, 3.8) is 0 Å². The average molecular weight is 324 g/mol. The van der Waals surface area contributed by atoms with Crippen LogP contribution < -0.4 is 5.32 Å². The molecule has 118 valence electrons. The van der Waals surface area contributed by atoms with Gasteiger partial charge in [-0.05, 0) is 37.0 Å². The lowest BCUT2D eigenvalue weighted by molar-refractivity contribution is -0.140. The van der Waals surface area contributed by atoms with Crippen molar-refractivity contribution in [3.05, 3.63) is 29.3 Å². The van der Waals surface area contributed by atoms with Crippen molar-refractivity contribution in [2.75, 3.05) is 13.1 Å². The number of hydrogen-bond donors (Lipinski definition) is 2. The minimum Gasteiger partial charge on any atom is -0.480 e. The Morgan fingerprint density at radius 1 is 1.36 bits per heavy atom. The molecule has 3 rings (SSSR count). The van der Waals surface area contributed by atoms with Crippen LogP contribution in [0.3, 0.4) is 0 Å². The smallest absolute Gasteiger partial charge is 0.322 e. The van der Waals surface area contributed by atoms with Gasteiger partial charge in [0.05, 0.1) is 4.90 Å². The summed E-state index contributed by atoms with van der Waals surface area (Å²) in [6.45, 7) is 0.716. The summed E-state index contributed by atoms with van der Waals surface area (Å²) in [5.74, 6) is -1.44. The highest BCUT2D eigenvalue weighted by molar-refractivity contribution is 7.89. The summed E-state index contributed by atoms with van der Waals surface area (Å²) in [5.41, 5.74) is 1.15. The van der Waals surface area contributed by atoms with Gasteiger partial charge in [-0.1, -0.05) is 6.07 Å². The fraction of sp³-hybridized carbons (Fsp3) is 0.429. The van der Waals surface area contributed by atoms with Crippen LogP contribution in [0.5, 0.6) is 0 Å². The number of nitrogens with one attached hydrogen (secondary N) is 1. The first-order valence-corrected chi connectivity index (χ1v) is 8.51. The lowest BCUT2D eigenvalue weighted by Gasteiger charge is -2.22. The Labute approximate surface area is 128 Å². The van der Waals surface area contributed by atoms with Gasteiger partial charge >= 0.3 is 5.97 Å². The van der Waals surface area contributed by atoms with E-state index in [1.54, 1.807) is 6.07 Å². The van der Waals surface area contributed by atoms with Gasteiger partial charge in [0.2, 0.25) is 10.0 Å². The molecule has 0 bridgehead atoms. The number of amides is 1. The maximum absolute atomic E-state index is 12.7. The van der Waals surface area contributed by atoms with Crippen LogP contribution in [0.1, 0.15) is 28.8 Å². The molecule has 22 heavy (non-hydrogen) atoms. The minimum absolute atomic E-state index is 0.0311. The van der Waals surface area contributed by atoms with Crippen molar-refractivity contribution in [2.45, 2.75) is 30.2 Å². The second-order valence-electron chi connectivity index (χ2n) is 5.44. The zero-order valence-electron chi connectivity index (χ0n) is 11.8. The molecule has 1 amide bonds. The summed E-state index contributed by atoms with van der Waals surface area (Å²) in [6, 6.07) is 3.39. The van der Waals surface area contributed by atoms with Gasteiger partial charge in [0.15, 0.2) is 0 Å². The van der Waals surface area contributed by atoms with E-state index in [2.05, 4.69) is 5.32 Å². The van der Waals surface area contributed by atoms with E-state index in [4.69, 9.17) is 5.11 Å². The third kappa shape index (κ3) is 2.38. The van der Waals surface area contributed by atoms with Gasteiger partial charge in [-0.3, -0.25) is 9.59 Å². The molecule has 1 aromatic rings. The number of carboxylic acid groups (broad SMARTS) is 1. The molecule has 2 heterocycles. The topological polar surface area (TPSA) is 104 Å². The molecule has 1 fully saturated rings. The number of carbonyl (C=O) groups excluding carboxylic acids is 1. The van der Waals surface area contributed by atoms with Crippen molar-refractivity contribution in [1.82, 2.24) is 9.62 Å². The third-order valence-electron chi connectivity index (χ3n) is 4.10. The predicted molar refractivity (Wildman–Crippen MR) is 77.0 cm³/mol. The molecule has 0 saturated carbocycles. The van der Waals surface area contributed by atoms with Crippen LogP contribution in [-0.4, -0.2) is 48.8 Å². The van der Waals surface area contributed by atoms with Gasteiger partial charge in [0.25, 0.3) is 5.91 Å². The Bertz CT molecular complexity index is 744. The van der Waals surface area contributed by atoms with Crippen LogP contribution in [0.4, 0.5) is 0 Å². The summed E-state index contributed by atoms with van der Waals surface area (Å²) >= 11 is 0. The van der Waals surface area contributed by atoms with E-state index in [1.165, 1.54) is 12.1 Å². The standard InChI is InChI=1S/C14H16N2O5S/c17-13-11-8-10(4-3-9(11)5-6-15-13)22(20,21)16-7-1-2-12(16)14(18)19/h3-4,8,12H,1-2,5-7H2,(H,15,17)(H,18,19)/t12-/m1/s1. The van der Waals surface area contributed by atoms with Crippen LogP contribution in [0.15, 0.2) is 23.1 Å². The third-order valence-corrected chi connectivity index (χ3v) is 6.01. The first kappa shape index (κ1) is 15.0. The molecule has 0 aliphatic carbocycles. The largest absolute Gasteiger partial charge is 0.480 e. The van der Waals surface area contributed by atoms with Gasteiger partial charge in [-0.25, -0.2) is 8.42 Å². The molecule has 0 spiro atoms. The Balaban J connectivity index is 2.01. The zero-order valence-corrected chi connectivity index (χ0v) is 12.6. The van der Waals surface area contributed by atoms with Gasteiger partial charge in [0, 0.05) is 18.7 Å². The number of fused-ring (bicyclic) bond motifs is 1. The highest BCUT2D eigenvalue weighted by Gasteiger charge is 2.39. The van der Waals surface area contributed by atoms with Crippen molar-refractivity contribution in [2.24, 2.45) is 0 Å². The van der Waals surface area contributed by atoms with E-state index in [1.807, 2.05) is 0 Å². The number of aliphatic carboxylic acids is 1. The molecular formula is C14H16N2O5S. The van der Waals surface area contributed by atoms with Crippen LogP contribution >= 0.6 is 0 Å². The van der Waals surface area contributed by atoms with Gasteiger partial charge < -0.3 is 10.4 Å². The Morgan fingerprint density at radius 2 is 2.14 bits per heavy atom. The zero-order chi connectivity index (χ0) is 15.9. The maximum atomic E-state index is 12.7. The number of nitrogens with zero attached hydrogens (tertiary/aromatic N) is 1. The van der Waals surface area contributed by atoms with Crippen molar-refractivity contribution < 1.29 is 23.1 Å². The summed E-state index contributed by atoms with van der Waals surface area (Å²) < 4.78 is 26.4. The minimum atomic E-state index is -3.92. The summed E-state index contributed by atoms with van der Waals surface area (Å²) in [5, 5.41) is 11.8. The number of benzene rings is 1. The number of hydrogen-bond acceptors (Lipinski definition) is 4. The van der Waals surface area contributed by atoms with Crippen molar-refractivity contribution in [3.8, 4) is 0 Å². The van der Waals surface area contributed by atoms with E-state index in [9.17, 15) is 18.0 Å². The van der Waals surface area contributed by atoms with Crippen LogP contribution in [-0.2, 0) is 21.2 Å². The molecule has 1 atom stereocenters. The molecular weight excluding hydrogens is 308 g/mol. The molecule has 8 heteroatoms. The highest BCUT2D eigenvalue weighted by Crippen LogP contribution is 2.28. The highest BCUT2D eigenvalue weighted by atomic mass is 32.2. The summed E-state index contributed by atoms with van der Waals surface area (Å²) in [6.07, 6.45) is 1.48. The van der Waals surface area contributed by atoms with Crippen molar-refractivity contribution in [1.29, 1.82) is 0 Å². The number of carbonyl (C=O) groups is 2. The second-order valence-corrected chi connectivity index (χ2v) is 7.33. The average Bonchev–Trinajstić information content (AvgIpc) is 2.98. The SMILES string of the molecule is O=C1NCCc2ccc(S(=O)(=O)N3CCC[C@@H]3C(=O)O)cc21. The monoisotopic (exact) mass is 324 g/mol. The molecule has 0 aromatic heterocycles. The predicted octanol–water partition coefficient (Wildman–Crippen LogP) is 0.210. The maximum Gasteiger partial charge on any atom is 0.322 e. The van der Waals surface area contributed by atoms with Crippen LogP contribution in [0, 0.1) is 0 Å². The molecule has 2 aliphatic rings. The van der Waals surface area contributed by atoms with Gasteiger partial charge in [0.1, 0.15) is 6.04 Å². The molecule has 2 aliphatic heterocycles. The Hall–Kier alpha value is -1.93. The lowest BCUT2D eigenvalue weighted by Crippen LogP contribution is -2.40. The summed E-state index contributed by atoms with van der Waals surface area (Å²) in [4.78, 5) is 23.0. The Morgan fingerprint density at radius 3 is 2.86 bits per heavy atom. The molecule has 1 aromatic carbocycles. The van der Waals surface area contributed by atoms with E-state index in [0.29, 0.717) is 31.4 Å². The van der Waals surface area contributed by atoms with E-state index in [-0.39, 0.29) is 17.3 Å². The van der Waals surface area contributed by atoms with Gasteiger partial charge in [-0.15, -0.1) is 0 Å². The second kappa shape index (κ2) is 5.36. The van der Waals surface area contributed by atoms with E-state index in [0.717, 1.165) is 9.87 Å². The van der Waals surface area contributed by atoms with E-state index < -0.39 is 22.0 Å². The molecule has 2 N–H and O–H groups in total. The van der Waals surface area contributed by atoms with Crippen LogP contribution in [0.2, 0.25) is 0 Å². The van der Waals surface area contributed by atoms with Crippen molar-refractivity contribution >= 4 is 21.9 Å². The molecule has 0 radical (unpaired) electrons.